The minimum absolute atomic E-state index is 0.0981. The number of nitrogens with one attached hydrogen (secondary N) is 6. The van der Waals surface area contributed by atoms with Crippen LogP contribution in [-0.4, -0.2) is 87.0 Å². The maximum atomic E-state index is 13.8. The first kappa shape index (κ1) is 38.6. The molecule has 0 radical (unpaired) electrons. The van der Waals surface area contributed by atoms with E-state index in [0.717, 1.165) is 4.68 Å². The minimum Gasteiger partial charge on any atom is -0.391 e. The number of aromatic nitrogens is 2. The summed E-state index contributed by atoms with van der Waals surface area (Å²) in [7, 11) is 0. The Labute approximate surface area is 283 Å². The molecule has 0 saturated carbocycles. The monoisotopic (exact) mass is 685 g/mol. The van der Waals surface area contributed by atoms with Gasteiger partial charge in [0, 0.05) is 19.4 Å². The first-order valence-electron chi connectivity index (χ1n) is 16.4. The van der Waals surface area contributed by atoms with E-state index in [-0.39, 0.29) is 41.4 Å². The second kappa shape index (κ2) is 17.0. The number of carbonyl (C=O) groups excluding carboxylic acids is 6. The molecule has 16 nitrogen and oxygen atoms in total. The quantitative estimate of drug-likeness (QED) is 0.113. The average molecular weight is 686 g/mol. The number of fused-ring (bicyclic) bond motifs is 1. The normalized spacial score (nSPS) is 17.5. The fourth-order valence-corrected chi connectivity index (χ4v) is 5.69. The summed E-state index contributed by atoms with van der Waals surface area (Å²) in [5, 5.41) is 25.9. The van der Waals surface area contributed by atoms with Crippen molar-refractivity contribution in [1.29, 1.82) is 0 Å². The van der Waals surface area contributed by atoms with E-state index in [9.17, 15) is 43.5 Å². The Morgan fingerprint density at radius 3 is 2.02 bits per heavy atom. The zero-order chi connectivity index (χ0) is 36.6. The van der Waals surface area contributed by atoms with Gasteiger partial charge in [-0.05, 0) is 50.2 Å². The zero-order valence-corrected chi connectivity index (χ0v) is 28.6. The van der Waals surface area contributed by atoms with Gasteiger partial charge in [-0.2, -0.15) is 0 Å². The van der Waals surface area contributed by atoms with Crippen molar-refractivity contribution in [1.82, 2.24) is 36.4 Å². The van der Waals surface area contributed by atoms with Gasteiger partial charge >= 0.3 is 0 Å². The molecule has 0 spiro atoms. The van der Waals surface area contributed by atoms with Crippen molar-refractivity contribution in [3.8, 4) is 0 Å². The van der Waals surface area contributed by atoms with Crippen molar-refractivity contribution in [2.75, 3.05) is 6.54 Å². The second-order valence-corrected chi connectivity index (χ2v) is 13.3. The predicted octanol–water partition coefficient (Wildman–Crippen LogP) is -1.17. The summed E-state index contributed by atoms with van der Waals surface area (Å²) < 4.78 is 0.857. The van der Waals surface area contributed by atoms with Crippen LogP contribution in [0.1, 0.15) is 60.8 Å². The highest BCUT2D eigenvalue weighted by Crippen LogP contribution is 2.18. The van der Waals surface area contributed by atoms with Gasteiger partial charge in [0.25, 0.3) is 11.1 Å². The van der Waals surface area contributed by atoms with Gasteiger partial charge in [-0.25, -0.2) is 4.68 Å². The van der Waals surface area contributed by atoms with Crippen molar-refractivity contribution >= 4 is 46.1 Å². The number of Topliss-reactive ketones (excluding diaryl/α,β-unsaturated/α-hetero) is 1. The molecule has 1 aromatic heterocycles. The maximum absolute atomic E-state index is 13.8. The van der Waals surface area contributed by atoms with Crippen LogP contribution in [0.3, 0.4) is 0 Å². The zero-order valence-electron chi connectivity index (χ0n) is 28.6. The van der Waals surface area contributed by atoms with Crippen molar-refractivity contribution in [2.45, 2.75) is 97.6 Å². The van der Waals surface area contributed by atoms with Gasteiger partial charge in [-0.3, -0.25) is 43.5 Å². The fourth-order valence-electron chi connectivity index (χ4n) is 5.69. The standard InChI is InChI=1S/C33H47N7O9/c1-16(2)13-24(37-32(48)27(18(5)41)38-31(47)26(17(3)4)35-19(6)42)30(46)36-23(14-20-11-12-34-28(20)44)25(43)15-40-33(49)22-10-8-7-9-21(22)29(45)39-40/h7-10,16-18,20,23-24,26-27,41H,11-15H2,1-6H3,(H,34,44)(H,35,42)(H,36,46)(H,37,48)(H,38,47)(H,39,45)/t18-,20+,23+,24+,26+,27+/m1/s1. The number of amides is 5. The number of benzene rings is 1. The van der Waals surface area contributed by atoms with E-state index in [1.807, 2.05) is 0 Å². The molecule has 6 atom stereocenters. The third kappa shape index (κ3) is 10.3. The van der Waals surface area contributed by atoms with E-state index in [0.29, 0.717) is 13.0 Å². The van der Waals surface area contributed by atoms with E-state index < -0.39 is 83.3 Å². The van der Waals surface area contributed by atoms with Crippen LogP contribution >= 0.6 is 0 Å². The molecule has 0 aliphatic carbocycles. The molecule has 5 amide bonds. The lowest BCUT2D eigenvalue weighted by molar-refractivity contribution is -0.136. The number of hydrogen-bond donors (Lipinski definition) is 7. The van der Waals surface area contributed by atoms with Crippen LogP contribution < -0.4 is 37.7 Å². The van der Waals surface area contributed by atoms with Gasteiger partial charge in [-0.15, -0.1) is 0 Å². The molecule has 0 bridgehead atoms. The van der Waals surface area contributed by atoms with Crippen LogP contribution in [0.2, 0.25) is 0 Å². The van der Waals surface area contributed by atoms with Gasteiger partial charge in [0.05, 0.1) is 22.9 Å². The minimum atomic E-state index is -1.50. The number of rotatable bonds is 16. The summed E-state index contributed by atoms with van der Waals surface area (Å²) in [5.41, 5.74) is -1.21. The van der Waals surface area contributed by atoms with E-state index in [2.05, 4.69) is 31.7 Å². The van der Waals surface area contributed by atoms with Gasteiger partial charge < -0.3 is 31.7 Å². The molecule has 16 heteroatoms. The summed E-state index contributed by atoms with van der Waals surface area (Å²) in [4.78, 5) is 104. The molecule has 2 aromatic rings. The first-order chi connectivity index (χ1) is 23.0. The summed E-state index contributed by atoms with van der Waals surface area (Å²) >= 11 is 0. The number of aliphatic hydroxyl groups is 1. The molecule has 1 aliphatic heterocycles. The maximum Gasteiger partial charge on any atom is 0.273 e. The lowest BCUT2D eigenvalue weighted by Gasteiger charge is -2.29. The molecule has 49 heavy (non-hydrogen) atoms. The Balaban J connectivity index is 1.86. The van der Waals surface area contributed by atoms with Gasteiger partial charge in [0.1, 0.15) is 24.7 Å². The predicted molar refractivity (Wildman–Crippen MR) is 179 cm³/mol. The number of ketones is 1. The smallest absolute Gasteiger partial charge is 0.273 e. The van der Waals surface area contributed by atoms with E-state index in [4.69, 9.17) is 0 Å². The van der Waals surface area contributed by atoms with E-state index in [1.54, 1.807) is 39.8 Å². The Bertz CT molecular complexity index is 1680. The molecule has 3 rings (SSSR count). The molecule has 7 N–H and O–H groups in total. The van der Waals surface area contributed by atoms with Crippen LogP contribution in [0.15, 0.2) is 33.9 Å². The van der Waals surface area contributed by atoms with Crippen molar-refractivity contribution in [3.05, 3.63) is 45.0 Å². The largest absolute Gasteiger partial charge is 0.391 e. The number of carbonyl (C=O) groups is 6. The highest BCUT2D eigenvalue weighted by atomic mass is 16.3. The third-order valence-corrected chi connectivity index (χ3v) is 8.30. The summed E-state index contributed by atoms with van der Waals surface area (Å²) in [6.45, 7) is 9.29. The molecule has 2 heterocycles. The van der Waals surface area contributed by atoms with Crippen molar-refractivity contribution in [2.24, 2.45) is 17.8 Å². The van der Waals surface area contributed by atoms with Crippen LogP contribution in [0.5, 0.6) is 0 Å². The Morgan fingerprint density at radius 2 is 1.47 bits per heavy atom. The molecule has 1 aliphatic rings. The Morgan fingerprint density at radius 1 is 0.857 bits per heavy atom. The molecule has 268 valence electrons. The molecular weight excluding hydrogens is 638 g/mol. The van der Waals surface area contributed by atoms with Crippen molar-refractivity contribution < 1.29 is 33.9 Å². The first-order valence-corrected chi connectivity index (χ1v) is 16.4. The highest BCUT2D eigenvalue weighted by molar-refractivity contribution is 5.96. The van der Waals surface area contributed by atoms with Crippen LogP contribution in [0.25, 0.3) is 10.8 Å². The number of hydrogen-bond acceptors (Lipinski definition) is 9. The Hall–Kier alpha value is -4.86. The summed E-state index contributed by atoms with van der Waals surface area (Å²) in [5.74, 6) is -4.90. The number of aromatic amines is 1. The fraction of sp³-hybridized carbons (Fsp3) is 0.576. The van der Waals surface area contributed by atoms with Gasteiger partial charge in [0.15, 0.2) is 5.78 Å². The van der Waals surface area contributed by atoms with Crippen LogP contribution in [0, 0.1) is 17.8 Å². The summed E-state index contributed by atoms with van der Waals surface area (Å²) in [6, 6.07) is 1.10. The van der Waals surface area contributed by atoms with Crippen LogP contribution in [-0.2, 0) is 35.3 Å². The van der Waals surface area contributed by atoms with Crippen molar-refractivity contribution in [3.63, 3.8) is 0 Å². The van der Waals surface area contributed by atoms with Crippen LogP contribution in [0.4, 0.5) is 0 Å². The molecule has 1 fully saturated rings. The lowest BCUT2D eigenvalue weighted by atomic mass is 9.94. The highest BCUT2D eigenvalue weighted by Gasteiger charge is 2.36. The lowest BCUT2D eigenvalue weighted by Crippen LogP contribution is -2.61. The van der Waals surface area contributed by atoms with E-state index >= 15 is 0 Å². The Kier molecular flexibility index (Phi) is 13.4. The number of aliphatic hydroxyl groups excluding tert-OH is 1. The third-order valence-electron chi connectivity index (χ3n) is 8.30. The number of H-pyrrole nitrogens is 1. The average Bonchev–Trinajstić information content (AvgIpc) is 3.43. The van der Waals surface area contributed by atoms with Gasteiger partial charge in [0.2, 0.25) is 29.5 Å². The molecule has 0 unspecified atom stereocenters. The number of nitrogens with zero attached hydrogens (tertiary/aromatic N) is 1. The summed E-state index contributed by atoms with van der Waals surface area (Å²) in [6.07, 6.45) is -0.990. The molecule has 1 saturated heterocycles. The molecule has 1 aromatic carbocycles. The van der Waals surface area contributed by atoms with E-state index in [1.165, 1.54) is 26.0 Å². The van der Waals surface area contributed by atoms with Gasteiger partial charge in [-0.1, -0.05) is 39.8 Å². The second-order valence-electron chi connectivity index (χ2n) is 13.3. The molecular formula is C33H47N7O9. The SMILES string of the molecule is CC(=O)N[C@H](C(=O)N[C@H](C(=O)N[C@@H](CC(C)C)C(=O)N[C@@H](C[C@@H]1CCNC1=O)C(=O)Cn1[nH]c(=O)c2ccccc2c1=O)[C@@H](C)O)C(C)C. The topological polar surface area (TPSA) is 238 Å².